The molecule has 4 rings (SSSR count). The average Bonchev–Trinajstić information content (AvgIpc) is 2.93. The van der Waals surface area contributed by atoms with Crippen molar-refractivity contribution < 1.29 is 4.79 Å². The van der Waals surface area contributed by atoms with Crippen LogP contribution in [0.3, 0.4) is 0 Å². The number of carbonyl (C=O) groups is 1. The lowest BCUT2D eigenvalue weighted by Gasteiger charge is -2.32. The Bertz CT molecular complexity index is 765. The third-order valence-electron chi connectivity index (χ3n) is 3.97. The summed E-state index contributed by atoms with van der Waals surface area (Å²) in [6.45, 7) is 0. The largest absolute Gasteiger partial charge is 0.328 e. The van der Waals surface area contributed by atoms with Crippen molar-refractivity contribution in [2.24, 2.45) is 0 Å². The van der Waals surface area contributed by atoms with Crippen LogP contribution in [0.2, 0.25) is 5.02 Å². The lowest BCUT2D eigenvalue weighted by atomic mass is 9.85. The van der Waals surface area contributed by atoms with Crippen LogP contribution >= 0.6 is 11.6 Å². The number of anilines is 1. The lowest BCUT2D eigenvalue weighted by Crippen LogP contribution is -2.31. The van der Waals surface area contributed by atoms with E-state index in [1.165, 1.54) is 6.33 Å². The zero-order chi connectivity index (χ0) is 14.4. The number of rotatable bonds is 1. The van der Waals surface area contributed by atoms with E-state index in [0.717, 1.165) is 29.7 Å². The quantitative estimate of drug-likeness (QED) is 0.879. The van der Waals surface area contributed by atoms with Gasteiger partial charge in [0.2, 0.25) is 5.95 Å². The van der Waals surface area contributed by atoms with Gasteiger partial charge in [-0.25, -0.2) is 4.68 Å². The Morgan fingerprint density at radius 3 is 3.10 bits per heavy atom. The summed E-state index contributed by atoms with van der Waals surface area (Å²) in [5.74, 6) is 0.850. The molecule has 1 aromatic heterocycles. The smallest absolute Gasteiger partial charge is 0.226 e. The van der Waals surface area contributed by atoms with Crippen LogP contribution in [0.15, 0.2) is 41.9 Å². The van der Waals surface area contributed by atoms with Crippen molar-refractivity contribution in [3.8, 4) is 0 Å². The first-order valence-electron chi connectivity index (χ1n) is 6.92. The molecule has 1 aliphatic heterocycles. The van der Waals surface area contributed by atoms with Gasteiger partial charge in [0.05, 0.1) is 0 Å². The fourth-order valence-electron chi connectivity index (χ4n) is 3.08. The van der Waals surface area contributed by atoms with Gasteiger partial charge in [0.1, 0.15) is 12.4 Å². The normalized spacial score (nSPS) is 20.8. The van der Waals surface area contributed by atoms with Gasteiger partial charge < -0.3 is 5.32 Å². The molecule has 5 nitrogen and oxygen atoms in total. The number of halogens is 1. The maximum Gasteiger partial charge on any atom is 0.226 e. The van der Waals surface area contributed by atoms with Gasteiger partial charge in [-0.2, -0.15) is 10.1 Å². The molecule has 1 aromatic carbocycles. The second kappa shape index (κ2) is 4.70. The summed E-state index contributed by atoms with van der Waals surface area (Å²) >= 11 is 6.11. The molecule has 21 heavy (non-hydrogen) atoms. The highest BCUT2D eigenvalue weighted by Gasteiger charge is 2.35. The molecule has 1 unspecified atom stereocenters. The molecule has 0 amide bonds. The Balaban J connectivity index is 1.93. The number of aromatic nitrogens is 3. The van der Waals surface area contributed by atoms with Crippen LogP contribution in [0.1, 0.15) is 30.9 Å². The van der Waals surface area contributed by atoms with Crippen molar-refractivity contribution in [1.29, 1.82) is 0 Å². The molecule has 6 heteroatoms. The molecule has 2 heterocycles. The first-order chi connectivity index (χ1) is 10.2. The third-order valence-corrected chi connectivity index (χ3v) is 4.21. The van der Waals surface area contributed by atoms with Gasteiger partial charge in [0, 0.05) is 22.7 Å². The molecular formula is C15H13ClN4O. The summed E-state index contributed by atoms with van der Waals surface area (Å²) in [6.07, 6.45) is 3.83. The van der Waals surface area contributed by atoms with Crippen molar-refractivity contribution >= 4 is 23.3 Å². The van der Waals surface area contributed by atoms with E-state index in [4.69, 9.17) is 11.6 Å². The number of benzene rings is 1. The van der Waals surface area contributed by atoms with E-state index in [1.54, 1.807) is 4.68 Å². The second-order valence-electron chi connectivity index (χ2n) is 5.28. The van der Waals surface area contributed by atoms with Crippen LogP contribution in [-0.2, 0) is 4.79 Å². The highest BCUT2D eigenvalue weighted by Crippen LogP contribution is 2.39. The Kier molecular flexibility index (Phi) is 2.82. The fourth-order valence-corrected chi connectivity index (χ4v) is 3.28. The Morgan fingerprint density at radius 2 is 2.24 bits per heavy atom. The first-order valence-corrected chi connectivity index (χ1v) is 7.30. The molecule has 2 aliphatic rings. The number of hydrogen-bond acceptors (Lipinski definition) is 4. The average molecular weight is 301 g/mol. The molecule has 0 radical (unpaired) electrons. The predicted octanol–water partition coefficient (Wildman–Crippen LogP) is 2.95. The minimum Gasteiger partial charge on any atom is -0.328 e. The van der Waals surface area contributed by atoms with Crippen molar-refractivity contribution in [2.45, 2.75) is 25.3 Å². The molecular weight excluding hydrogens is 288 g/mol. The van der Waals surface area contributed by atoms with Crippen LogP contribution in [0.4, 0.5) is 5.95 Å². The van der Waals surface area contributed by atoms with E-state index in [9.17, 15) is 4.79 Å². The van der Waals surface area contributed by atoms with E-state index in [1.807, 2.05) is 24.3 Å². The van der Waals surface area contributed by atoms with E-state index >= 15 is 0 Å². The number of carbonyl (C=O) groups excluding carboxylic acids is 1. The van der Waals surface area contributed by atoms with Crippen molar-refractivity contribution in [3.63, 3.8) is 0 Å². The molecule has 0 saturated carbocycles. The number of allylic oxidation sites excluding steroid dienone is 2. The van der Waals surface area contributed by atoms with Crippen LogP contribution in [0.5, 0.6) is 0 Å². The minimum atomic E-state index is -0.245. The molecule has 0 spiro atoms. The number of nitrogens with zero attached hydrogens (tertiary/aromatic N) is 3. The van der Waals surface area contributed by atoms with E-state index in [2.05, 4.69) is 15.4 Å². The predicted molar refractivity (Wildman–Crippen MR) is 79.1 cm³/mol. The van der Waals surface area contributed by atoms with Crippen molar-refractivity contribution in [3.05, 3.63) is 52.4 Å². The topological polar surface area (TPSA) is 59.8 Å². The summed E-state index contributed by atoms with van der Waals surface area (Å²) in [4.78, 5) is 16.7. The minimum absolute atomic E-state index is 0.176. The lowest BCUT2D eigenvalue weighted by molar-refractivity contribution is -0.116. The fraction of sp³-hybridized carbons (Fsp3) is 0.267. The molecule has 1 aliphatic carbocycles. The maximum absolute atomic E-state index is 12.4. The second-order valence-corrected chi connectivity index (χ2v) is 5.72. The number of ketones is 1. The van der Waals surface area contributed by atoms with Gasteiger partial charge in [-0.1, -0.05) is 23.7 Å². The van der Waals surface area contributed by atoms with Gasteiger partial charge in [0.15, 0.2) is 5.78 Å². The number of hydrogen-bond donors (Lipinski definition) is 1. The van der Waals surface area contributed by atoms with Gasteiger partial charge in [-0.05, 0) is 30.5 Å². The van der Waals surface area contributed by atoms with Crippen LogP contribution < -0.4 is 5.32 Å². The Morgan fingerprint density at radius 1 is 1.33 bits per heavy atom. The zero-order valence-electron chi connectivity index (χ0n) is 11.2. The molecule has 1 atom stereocenters. The van der Waals surface area contributed by atoms with E-state index in [0.29, 0.717) is 17.4 Å². The number of Topliss-reactive ketones (excluding diaryl/α,β-unsaturated/α-hetero) is 1. The van der Waals surface area contributed by atoms with Crippen LogP contribution in [0, 0.1) is 0 Å². The summed E-state index contributed by atoms with van der Waals surface area (Å²) in [7, 11) is 0. The van der Waals surface area contributed by atoms with Gasteiger partial charge in [-0.15, -0.1) is 0 Å². The number of nitrogens with one attached hydrogen (secondary N) is 1. The summed E-state index contributed by atoms with van der Waals surface area (Å²) in [5.41, 5.74) is 2.72. The molecule has 0 bridgehead atoms. The Labute approximate surface area is 126 Å². The molecule has 2 aromatic rings. The Hall–Kier alpha value is -2.14. The molecule has 1 N–H and O–H groups in total. The first kappa shape index (κ1) is 12.6. The van der Waals surface area contributed by atoms with Crippen LogP contribution in [-0.4, -0.2) is 20.5 Å². The SMILES string of the molecule is O=C1CCCC2=C1C(c1cccc(Cl)c1)n1ncnc1N2. The van der Waals surface area contributed by atoms with E-state index < -0.39 is 0 Å². The monoisotopic (exact) mass is 300 g/mol. The van der Waals surface area contributed by atoms with Gasteiger partial charge >= 0.3 is 0 Å². The molecule has 0 saturated heterocycles. The third kappa shape index (κ3) is 1.96. The van der Waals surface area contributed by atoms with Crippen molar-refractivity contribution in [2.75, 3.05) is 5.32 Å². The highest BCUT2D eigenvalue weighted by atomic mass is 35.5. The summed E-state index contributed by atoms with van der Waals surface area (Å²) in [5, 5.41) is 8.17. The standard InChI is InChI=1S/C15H13ClN4O/c16-10-4-1-3-9(7-10)14-13-11(5-2-6-12(13)21)19-15-17-8-18-20(14)15/h1,3-4,7-8,14H,2,5-6H2,(H,17,18,19). The molecule has 106 valence electrons. The maximum atomic E-state index is 12.4. The highest BCUT2D eigenvalue weighted by molar-refractivity contribution is 6.30. The van der Waals surface area contributed by atoms with Crippen LogP contribution in [0.25, 0.3) is 0 Å². The zero-order valence-corrected chi connectivity index (χ0v) is 12.0. The van der Waals surface area contributed by atoms with Gasteiger partial charge in [0.25, 0.3) is 0 Å². The van der Waals surface area contributed by atoms with Crippen molar-refractivity contribution in [1.82, 2.24) is 14.8 Å². The van der Waals surface area contributed by atoms with Gasteiger partial charge in [-0.3, -0.25) is 4.79 Å². The number of fused-ring (bicyclic) bond motifs is 1. The summed E-state index contributed by atoms with van der Waals surface area (Å²) in [6, 6.07) is 7.33. The molecule has 0 fully saturated rings. The van der Waals surface area contributed by atoms with E-state index in [-0.39, 0.29) is 11.8 Å². The summed E-state index contributed by atoms with van der Waals surface area (Å²) < 4.78 is 1.76.